The Morgan fingerprint density at radius 3 is 2.73 bits per heavy atom. The molecule has 5 nitrogen and oxygen atoms in total. The van der Waals surface area contributed by atoms with Crippen molar-refractivity contribution < 1.29 is 9.32 Å². The van der Waals surface area contributed by atoms with Crippen LogP contribution in [-0.4, -0.2) is 10.5 Å². The Morgan fingerprint density at radius 2 is 2.20 bits per heavy atom. The van der Waals surface area contributed by atoms with Crippen LogP contribution in [0.4, 0.5) is 5.69 Å². The van der Waals surface area contributed by atoms with E-state index in [2.05, 4.69) is 4.52 Å². The second-order valence-corrected chi connectivity index (χ2v) is 3.45. The standard InChI is InChI=1S/C9H13N2O3P/c1-5-3-4-7(10)8(12)11(5)6(2)9(13)14-15/h3-4,6H,10,15H2,1-2H3. The van der Waals surface area contributed by atoms with Crippen LogP contribution < -0.4 is 11.3 Å². The van der Waals surface area contributed by atoms with Crippen molar-refractivity contribution in [2.24, 2.45) is 0 Å². The number of rotatable bonds is 2. The molecule has 6 heteroatoms. The highest BCUT2D eigenvalue weighted by atomic mass is 31.0. The van der Waals surface area contributed by atoms with Gasteiger partial charge in [-0.15, -0.1) is 0 Å². The lowest BCUT2D eigenvalue weighted by Crippen LogP contribution is -2.31. The molecule has 1 aromatic rings. The van der Waals surface area contributed by atoms with Crippen molar-refractivity contribution in [1.29, 1.82) is 0 Å². The van der Waals surface area contributed by atoms with Gasteiger partial charge in [0.05, 0.1) is 15.2 Å². The van der Waals surface area contributed by atoms with Gasteiger partial charge in [-0.3, -0.25) is 9.36 Å². The third-order valence-corrected chi connectivity index (χ3v) is 2.43. The van der Waals surface area contributed by atoms with Gasteiger partial charge in [-0.2, -0.15) is 0 Å². The van der Waals surface area contributed by atoms with Crippen molar-refractivity contribution in [1.82, 2.24) is 4.57 Å². The summed E-state index contributed by atoms with van der Waals surface area (Å²) in [6.07, 6.45) is 0. The van der Waals surface area contributed by atoms with Crippen LogP contribution in [-0.2, 0) is 9.32 Å². The summed E-state index contributed by atoms with van der Waals surface area (Å²) in [5.74, 6) is -0.504. The summed E-state index contributed by atoms with van der Waals surface area (Å²) in [4.78, 5) is 23.0. The van der Waals surface area contributed by atoms with Crippen molar-refractivity contribution in [3.8, 4) is 0 Å². The molecule has 1 rings (SSSR count). The Kier molecular flexibility index (Phi) is 3.48. The molecule has 82 valence electrons. The number of carbonyl (C=O) groups is 1. The van der Waals surface area contributed by atoms with Crippen LogP contribution in [0, 0.1) is 6.92 Å². The zero-order valence-corrected chi connectivity index (χ0v) is 9.71. The van der Waals surface area contributed by atoms with Gasteiger partial charge in [-0.25, -0.2) is 4.79 Å². The summed E-state index contributed by atoms with van der Waals surface area (Å²) in [7, 11) is 1.86. The fourth-order valence-electron chi connectivity index (χ4n) is 1.35. The molecule has 2 atom stereocenters. The van der Waals surface area contributed by atoms with E-state index in [9.17, 15) is 9.59 Å². The summed E-state index contributed by atoms with van der Waals surface area (Å²) in [6.45, 7) is 3.31. The summed E-state index contributed by atoms with van der Waals surface area (Å²) >= 11 is 0. The molecule has 2 N–H and O–H groups in total. The molecule has 0 aliphatic heterocycles. The molecule has 0 aliphatic rings. The summed E-state index contributed by atoms with van der Waals surface area (Å²) in [5, 5.41) is 0. The van der Waals surface area contributed by atoms with Gasteiger partial charge < -0.3 is 10.3 Å². The Bertz CT molecular complexity index is 441. The number of nitrogens with two attached hydrogens (primary N) is 1. The first-order valence-electron chi connectivity index (χ1n) is 4.37. The molecule has 0 saturated carbocycles. The lowest BCUT2D eigenvalue weighted by molar-refractivity contribution is -0.136. The van der Waals surface area contributed by atoms with Gasteiger partial charge in [-0.1, -0.05) is 0 Å². The lowest BCUT2D eigenvalue weighted by atomic mass is 10.2. The zero-order chi connectivity index (χ0) is 11.6. The van der Waals surface area contributed by atoms with Crippen molar-refractivity contribution in [3.63, 3.8) is 0 Å². The molecule has 0 amide bonds. The number of aromatic nitrogens is 1. The molecule has 0 fully saturated rings. The molecule has 0 aliphatic carbocycles. The summed E-state index contributed by atoms with van der Waals surface area (Å²) in [6, 6.07) is 2.52. The van der Waals surface area contributed by atoms with Crippen LogP contribution in [0.1, 0.15) is 18.7 Å². The fourth-order valence-corrected chi connectivity index (χ4v) is 1.54. The van der Waals surface area contributed by atoms with E-state index in [1.165, 1.54) is 10.6 Å². The quantitative estimate of drug-likeness (QED) is 0.753. The number of hydrogen-bond donors (Lipinski definition) is 1. The minimum absolute atomic E-state index is 0.115. The number of aryl methyl sites for hydroxylation is 1. The molecule has 0 saturated heterocycles. The smallest absolute Gasteiger partial charge is 0.331 e. The van der Waals surface area contributed by atoms with E-state index < -0.39 is 12.0 Å². The Balaban J connectivity index is 3.30. The number of pyridine rings is 1. The third-order valence-electron chi connectivity index (χ3n) is 2.19. The van der Waals surface area contributed by atoms with E-state index >= 15 is 0 Å². The highest BCUT2D eigenvalue weighted by Gasteiger charge is 2.18. The third kappa shape index (κ3) is 2.18. The number of hydrogen-bond acceptors (Lipinski definition) is 4. The highest BCUT2D eigenvalue weighted by Crippen LogP contribution is 2.11. The number of nitrogens with zero attached hydrogens (tertiary/aromatic N) is 1. The largest absolute Gasteiger partial charge is 0.450 e. The van der Waals surface area contributed by atoms with Crippen molar-refractivity contribution in [2.75, 3.05) is 5.73 Å². The van der Waals surface area contributed by atoms with E-state index in [0.29, 0.717) is 5.69 Å². The Hall–Kier alpha value is -1.35. The van der Waals surface area contributed by atoms with E-state index in [1.54, 1.807) is 19.9 Å². The van der Waals surface area contributed by atoms with Crippen LogP contribution in [0.25, 0.3) is 0 Å². The van der Waals surface area contributed by atoms with Gasteiger partial charge in [0.2, 0.25) is 0 Å². The monoisotopic (exact) mass is 228 g/mol. The van der Waals surface area contributed by atoms with Crippen LogP contribution in [0.15, 0.2) is 16.9 Å². The molecule has 15 heavy (non-hydrogen) atoms. The predicted molar refractivity (Wildman–Crippen MR) is 60.4 cm³/mol. The van der Waals surface area contributed by atoms with E-state index in [1.807, 2.05) is 9.47 Å². The molecular formula is C9H13N2O3P. The van der Waals surface area contributed by atoms with Gasteiger partial charge in [0.15, 0.2) is 0 Å². The van der Waals surface area contributed by atoms with E-state index in [4.69, 9.17) is 5.73 Å². The molecule has 1 heterocycles. The molecule has 2 unspecified atom stereocenters. The average molecular weight is 228 g/mol. The van der Waals surface area contributed by atoms with Gasteiger partial charge in [0.1, 0.15) is 6.04 Å². The predicted octanol–water partition coefficient (Wildman–Crippen LogP) is 0.633. The molecule has 0 aromatic carbocycles. The zero-order valence-electron chi connectivity index (χ0n) is 8.56. The van der Waals surface area contributed by atoms with Gasteiger partial charge in [-0.05, 0) is 26.0 Å². The molecule has 0 radical (unpaired) electrons. The van der Waals surface area contributed by atoms with E-state index in [0.717, 1.165) is 0 Å². The van der Waals surface area contributed by atoms with E-state index in [-0.39, 0.29) is 11.2 Å². The number of anilines is 1. The van der Waals surface area contributed by atoms with Crippen molar-refractivity contribution >= 4 is 21.1 Å². The first-order chi connectivity index (χ1) is 6.99. The van der Waals surface area contributed by atoms with Gasteiger partial charge in [0, 0.05) is 5.69 Å². The maximum absolute atomic E-state index is 11.7. The average Bonchev–Trinajstić information content (AvgIpc) is 2.22. The van der Waals surface area contributed by atoms with Crippen LogP contribution >= 0.6 is 9.47 Å². The number of carbonyl (C=O) groups excluding carboxylic acids is 1. The first kappa shape index (κ1) is 11.7. The van der Waals surface area contributed by atoms with Crippen LogP contribution in [0.2, 0.25) is 0 Å². The Morgan fingerprint density at radius 1 is 1.60 bits per heavy atom. The molecule has 0 bridgehead atoms. The summed E-state index contributed by atoms with van der Waals surface area (Å²) in [5.41, 5.74) is 5.88. The van der Waals surface area contributed by atoms with Crippen molar-refractivity contribution in [3.05, 3.63) is 28.2 Å². The first-order valence-corrected chi connectivity index (χ1v) is 4.84. The van der Waals surface area contributed by atoms with Crippen molar-refractivity contribution in [2.45, 2.75) is 19.9 Å². The number of nitrogen functional groups attached to an aromatic ring is 1. The SMILES string of the molecule is Cc1ccc(N)c(=O)n1C(C)C(=O)OP. The van der Waals surface area contributed by atoms with Crippen LogP contribution in [0.3, 0.4) is 0 Å². The summed E-state index contributed by atoms with van der Waals surface area (Å²) < 4.78 is 5.80. The normalized spacial score (nSPS) is 12.2. The maximum Gasteiger partial charge on any atom is 0.331 e. The second kappa shape index (κ2) is 4.45. The molecule has 1 aromatic heterocycles. The fraction of sp³-hybridized carbons (Fsp3) is 0.333. The molecular weight excluding hydrogens is 215 g/mol. The topological polar surface area (TPSA) is 74.3 Å². The minimum Gasteiger partial charge on any atom is -0.450 e. The maximum atomic E-state index is 11.7. The van der Waals surface area contributed by atoms with Crippen LogP contribution in [0.5, 0.6) is 0 Å². The second-order valence-electron chi connectivity index (χ2n) is 3.22. The minimum atomic E-state index is -0.682. The van der Waals surface area contributed by atoms with Gasteiger partial charge >= 0.3 is 5.97 Å². The lowest BCUT2D eigenvalue weighted by Gasteiger charge is -2.15. The van der Waals surface area contributed by atoms with Gasteiger partial charge in [0.25, 0.3) is 5.56 Å². The Labute approximate surface area is 89.5 Å². The molecule has 0 spiro atoms. The highest BCUT2D eigenvalue weighted by molar-refractivity contribution is 7.10.